The van der Waals surface area contributed by atoms with Crippen molar-refractivity contribution in [2.45, 2.75) is 0 Å². The highest BCUT2D eigenvalue weighted by Gasteiger charge is 2.16. The molecule has 1 heterocycles. The van der Waals surface area contributed by atoms with Crippen LogP contribution in [-0.2, 0) is 0 Å². The third-order valence-electron chi connectivity index (χ3n) is 3.14. The molecule has 0 fully saturated rings. The Bertz CT molecular complexity index is 715. The molecule has 0 bridgehead atoms. The van der Waals surface area contributed by atoms with Crippen LogP contribution in [0.1, 0.15) is 10.4 Å². The zero-order valence-corrected chi connectivity index (χ0v) is 13.0. The summed E-state index contributed by atoms with van der Waals surface area (Å²) in [5.74, 6) is 1.40. The molecule has 0 aliphatic carbocycles. The van der Waals surface area contributed by atoms with Gasteiger partial charge in [-0.15, -0.1) is 0 Å². The number of Topliss-reactive ketones (excluding diaryl/α,β-unsaturated/α-hetero) is 1. The molecule has 0 saturated heterocycles. The summed E-state index contributed by atoms with van der Waals surface area (Å²) in [6.07, 6.45) is 0. The maximum Gasteiger partial charge on any atom is 0.200 e. The van der Waals surface area contributed by atoms with Crippen LogP contribution < -0.4 is 14.2 Å². The van der Waals surface area contributed by atoms with Crippen LogP contribution in [0.3, 0.4) is 0 Å². The normalized spacial score (nSPS) is 12.8. The number of carbonyl (C=O) groups excluding carboxylic acids is 1. The summed E-state index contributed by atoms with van der Waals surface area (Å²) in [5.41, 5.74) is 0.488. The third-order valence-corrected chi connectivity index (χ3v) is 3.94. The highest BCUT2D eigenvalue weighted by molar-refractivity contribution is 6.42. The van der Waals surface area contributed by atoms with Crippen molar-refractivity contribution in [1.29, 1.82) is 0 Å². The number of ketones is 1. The van der Waals surface area contributed by atoms with E-state index in [0.717, 1.165) is 0 Å². The molecule has 4 nitrogen and oxygen atoms in total. The van der Waals surface area contributed by atoms with Crippen LogP contribution in [-0.4, -0.2) is 25.6 Å². The second-order valence-corrected chi connectivity index (χ2v) is 5.41. The number of hydrogen-bond donors (Lipinski definition) is 0. The van der Waals surface area contributed by atoms with Gasteiger partial charge in [0.05, 0.1) is 5.02 Å². The molecule has 6 heteroatoms. The lowest BCUT2D eigenvalue weighted by Gasteiger charge is -2.18. The van der Waals surface area contributed by atoms with Crippen LogP contribution in [0.2, 0.25) is 10.0 Å². The molecule has 0 N–H and O–H groups in total. The van der Waals surface area contributed by atoms with Gasteiger partial charge >= 0.3 is 0 Å². The molecule has 0 aromatic heterocycles. The van der Waals surface area contributed by atoms with Gasteiger partial charge in [0.15, 0.2) is 23.9 Å². The van der Waals surface area contributed by atoms with Crippen molar-refractivity contribution in [3.8, 4) is 17.2 Å². The van der Waals surface area contributed by atoms with Crippen LogP contribution in [0.5, 0.6) is 17.2 Å². The van der Waals surface area contributed by atoms with Gasteiger partial charge in [0.25, 0.3) is 0 Å². The second kappa shape index (κ2) is 6.46. The predicted octanol–water partition coefficient (Wildman–Crippen LogP) is 4.03. The summed E-state index contributed by atoms with van der Waals surface area (Å²) in [4.78, 5) is 12.2. The molecular formula is C16H12Cl2O4. The summed E-state index contributed by atoms with van der Waals surface area (Å²) in [7, 11) is 0. The van der Waals surface area contributed by atoms with Crippen molar-refractivity contribution in [2.24, 2.45) is 0 Å². The lowest BCUT2D eigenvalue weighted by Crippen LogP contribution is -2.17. The summed E-state index contributed by atoms with van der Waals surface area (Å²) in [5, 5.41) is 0.671. The average Bonchev–Trinajstić information content (AvgIpc) is 2.55. The van der Waals surface area contributed by atoms with Crippen LogP contribution in [0.25, 0.3) is 0 Å². The Balaban J connectivity index is 1.71. The van der Waals surface area contributed by atoms with E-state index in [1.807, 2.05) is 0 Å². The van der Waals surface area contributed by atoms with Crippen molar-refractivity contribution < 1.29 is 19.0 Å². The molecule has 1 aliphatic rings. The molecule has 2 aromatic carbocycles. The van der Waals surface area contributed by atoms with Crippen LogP contribution >= 0.6 is 23.2 Å². The molecule has 0 unspecified atom stereocenters. The topological polar surface area (TPSA) is 44.8 Å². The van der Waals surface area contributed by atoms with Crippen molar-refractivity contribution in [2.75, 3.05) is 19.8 Å². The van der Waals surface area contributed by atoms with E-state index in [0.29, 0.717) is 46.1 Å². The zero-order valence-electron chi connectivity index (χ0n) is 11.5. The van der Waals surface area contributed by atoms with Gasteiger partial charge in [-0.2, -0.15) is 0 Å². The minimum absolute atomic E-state index is 0.139. The van der Waals surface area contributed by atoms with Gasteiger partial charge in [0.1, 0.15) is 24.0 Å². The molecule has 0 atom stereocenters. The summed E-state index contributed by atoms with van der Waals surface area (Å²) < 4.78 is 16.3. The van der Waals surface area contributed by atoms with Gasteiger partial charge in [-0.3, -0.25) is 4.79 Å². The van der Waals surface area contributed by atoms with E-state index in [-0.39, 0.29) is 12.4 Å². The van der Waals surface area contributed by atoms with Gasteiger partial charge < -0.3 is 14.2 Å². The van der Waals surface area contributed by atoms with Crippen LogP contribution in [0, 0.1) is 0 Å². The van der Waals surface area contributed by atoms with Crippen molar-refractivity contribution in [3.05, 3.63) is 52.0 Å². The number of carbonyl (C=O) groups is 1. The monoisotopic (exact) mass is 338 g/mol. The smallest absolute Gasteiger partial charge is 0.200 e. The van der Waals surface area contributed by atoms with E-state index in [1.165, 1.54) is 0 Å². The van der Waals surface area contributed by atoms with Gasteiger partial charge in [-0.1, -0.05) is 29.3 Å². The third kappa shape index (κ3) is 3.13. The molecule has 3 rings (SSSR count). The summed E-state index contributed by atoms with van der Waals surface area (Å²) >= 11 is 11.9. The standard InChI is InChI=1S/C16H12Cl2O4/c17-11-2-1-3-14(16(11)18)22-9-12(19)10-4-5-13-15(8-10)21-7-6-20-13/h1-5,8H,6-7,9H2. The second-order valence-electron chi connectivity index (χ2n) is 4.62. The fourth-order valence-corrected chi connectivity index (χ4v) is 2.39. The number of benzene rings is 2. The minimum Gasteiger partial charge on any atom is -0.486 e. The average molecular weight is 339 g/mol. The Hall–Kier alpha value is -1.91. The molecular weight excluding hydrogens is 327 g/mol. The highest BCUT2D eigenvalue weighted by atomic mass is 35.5. The first kappa shape index (κ1) is 15.0. The Morgan fingerprint density at radius 3 is 2.68 bits per heavy atom. The Kier molecular flexibility index (Phi) is 4.41. The maximum atomic E-state index is 12.2. The van der Waals surface area contributed by atoms with Crippen molar-refractivity contribution >= 4 is 29.0 Å². The molecule has 0 saturated carbocycles. The zero-order chi connectivity index (χ0) is 15.5. The van der Waals surface area contributed by atoms with Gasteiger partial charge in [0, 0.05) is 5.56 Å². The molecule has 0 amide bonds. The van der Waals surface area contributed by atoms with Gasteiger partial charge in [-0.25, -0.2) is 0 Å². The van der Waals surface area contributed by atoms with Crippen LogP contribution in [0.15, 0.2) is 36.4 Å². The number of rotatable bonds is 4. The first-order chi connectivity index (χ1) is 10.6. The number of halogens is 2. The van der Waals surface area contributed by atoms with Crippen molar-refractivity contribution in [1.82, 2.24) is 0 Å². The summed E-state index contributed by atoms with van der Waals surface area (Å²) in [6.45, 7) is 0.843. The number of hydrogen-bond acceptors (Lipinski definition) is 4. The SMILES string of the molecule is O=C(COc1cccc(Cl)c1Cl)c1ccc2c(c1)OCCO2. The lowest BCUT2D eigenvalue weighted by molar-refractivity contribution is 0.0920. The Morgan fingerprint density at radius 2 is 1.86 bits per heavy atom. The van der Waals surface area contributed by atoms with E-state index in [2.05, 4.69) is 0 Å². The molecule has 0 radical (unpaired) electrons. The van der Waals surface area contributed by atoms with E-state index >= 15 is 0 Å². The van der Waals surface area contributed by atoms with Crippen LogP contribution in [0.4, 0.5) is 0 Å². The van der Waals surface area contributed by atoms with Crippen molar-refractivity contribution in [3.63, 3.8) is 0 Å². The first-order valence-electron chi connectivity index (χ1n) is 6.65. The molecule has 114 valence electrons. The van der Waals surface area contributed by atoms with Gasteiger partial charge in [0.2, 0.25) is 0 Å². The largest absolute Gasteiger partial charge is 0.486 e. The lowest BCUT2D eigenvalue weighted by atomic mass is 10.1. The quantitative estimate of drug-likeness (QED) is 0.789. The number of ether oxygens (including phenoxy) is 3. The number of fused-ring (bicyclic) bond motifs is 1. The molecule has 1 aliphatic heterocycles. The molecule has 0 spiro atoms. The van der Waals surface area contributed by atoms with E-state index in [1.54, 1.807) is 36.4 Å². The van der Waals surface area contributed by atoms with E-state index in [4.69, 9.17) is 37.4 Å². The summed E-state index contributed by atoms with van der Waals surface area (Å²) in [6, 6.07) is 10.1. The van der Waals surface area contributed by atoms with Gasteiger partial charge in [-0.05, 0) is 30.3 Å². The predicted molar refractivity (Wildman–Crippen MR) is 83.7 cm³/mol. The van der Waals surface area contributed by atoms with E-state index in [9.17, 15) is 4.79 Å². The fourth-order valence-electron chi connectivity index (χ4n) is 2.04. The molecule has 2 aromatic rings. The Labute approximate surface area is 137 Å². The fraction of sp³-hybridized carbons (Fsp3) is 0.188. The minimum atomic E-state index is -0.187. The van der Waals surface area contributed by atoms with E-state index < -0.39 is 0 Å². The Morgan fingerprint density at radius 1 is 1.09 bits per heavy atom. The highest BCUT2D eigenvalue weighted by Crippen LogP contribution is 2.32. The first-order valence-corrected chi connectivity index (χ1v) is 7.40. The molecule has 22 heavy (non-hydrogen) atoms. The maximum absolute atomic E-state index is 12.2.